The Labute approximate surface area is 85.3 Å². The molecule has 0 aromatic rings. The van der Waals surface area contributed by atoms with Gasteiger partial charge in [-0.2, -0.15) is 0 Å². The molecule has 2 saturated carbocycles. The number of hydrogen-bond donors (Lipinski definition) is 2. The Hall–Kier alpha value is -0.130. The minimum Gasteiger partial charge on any atom is -0.329 e. The first kappa shape index (κ1) is 10.4. The second kappa shape index (κ2) is 3.79. The van der Waals surface area contributed by atoms with Crippen LogP contribution in [0.2, 0.25) is 0 Å². The lowest BCUT2D eigenvalue weighted by Gasteiger charge is -2.15. The average molecular weight is 218 g/mol. The lowest BCUT2D eigenvalue weighted by atomic mass is 10.2. The zero-order chi connectivity index (χ0) is 10.2. The summed E-state index contributed by atoms with van der Waals surface area (Å²) in [5.41, 5.74) is 5.54. The molecule has 3 N–H and O–H groups in total. The van der Waals surface area contributed by atoms with Gasteiger partial charge in [-0.05, 0) is 37.5 Å². The molecule has 0 heterocycles. The number of sulfonamides is 1. The molecule has 1 unspecified atom stereocenters. The van der Waals surface area contributed by atoms with Gasteiger partial charge in [0.05, 0.1) is 5.75 Å². The molecule has 0 aromatic heterocycles. The zero-order valence-corrected chi connectivity index (χ0v) is 9.09. The van der Waals surface area contributed by atoms with Crippen LogP contribution in [0.1, 0.15) is 25.7 Å². The van der Waals surface area contributed by atoms with Crippen LogP contribution in [-0.4, -0.2) is 26.8 Å². The number of nitrogens with two attached hydrogens (primary N) is 1. The molecule has 82 valence electrons. The molecular formula is C9H18N2O2S. The third-order valence-corrected chi connectivity index (χ3v) is 4.50. The van der Waals surface area contributed by atoms with Gasteiger partial charge in [0, 0.05) is 12.6 Å². The molecule has 0 spiro atoms. The SMILES string of the molecule is NCC(NS(=O)(=O)CC1CC1)C1CC1. The lowest BCUT2D eigenvalue weighted by Crippen LogP contribution is -2.42. The van der Waals surface area contributed by atoms with Crippen molar-refractivity contribution in [3.63, 3.8) is 0 Å². The maximum absolute atomic E-state index is 11.6. The smallest absolute Gasteiger partial charge is 0.212 e. The van der Waals surface area contributed by atoms with E-state index in [-0.39, 0.29) is 6.04 Å². The van der Waals surface area contributed by atoms with Crippen molar-refractivity contribution in [3.8, 4) is 0 Å². The van der Waals surface area contributed by atoms with E-state index in [2.05, 4.69) is 4.72 Å². The highest BCUT2D eigenvalue weighted by Crippen LogP contribution is 2.33. The van der Waals surface area contributed by atoms with Crippen molar-refractivity contribution < 1.29 is 8.42 Å². The molecule has 0 aromatic carbocycles. The quantitative estimate of drug-likeness (QED) is 0.662. The highest BCUT2D eigenvalue weighted by atomic mass is 32.2. The first-order chi connectivity index (χ1) is 6.61. The van der Waals surface area contributed by atoms with E-state index in [1.807, 2.05) is 0 Å². The second-order valence-corrected chi connectivity index (χ2v) is 6.32. The molecule has 0 radical (unpaired) electrons. The van der Waals surface area contributed by atoms with Gasteiger partial charge in [0.25, 0.3) is 0 Å². The van der Waals surface area contributed by atoms with E-state index in [9.17, 15) is 8.42 Å². The van der Waals surface area contributed by atoms with Crippen molar-refractivity contribution in [2.75, 3.05) is 12.3 Å². The molecule has 2 aliphatic carbocycles. The van der Waals surface area contributed by atoms with Crippen molar-refractivity contribution in [2.45, 2.75) is 31.7 Å². The summed E-state index contributed by atoms with van der Waals surface area (Å²) in [6, 6.07) is -0.0150. The molecule has 2 fully saturated rings. The summed E-state index contributed by atoms with van der Waals surface area (Å²) < 4.78 is 26.0. The van der Waals surface area contributed by atoms with Crippen LogP contribution in [-0.2, 0) is 10.0 Å². The lowest BCUT2D eigenvalue weighted by molar-refractivity contribution is 0.517. The van der Waals surface area contributed by atoms with Gasteiger partial charge in [0.2, 0.25) is 10.0 Å². The minimum absolute atomic E-state index is 0.0150. The van der Waals surface area contributed by atoms with E-state index in [4.69, 9.17) is 5.73 Å². The standard InChI is InChI=1S/C9H18N2O2S/c10-5-9(8-3-4-8)11-14(12,13)6-7-1-2-7/h7-9,11H,1-6,10H2. The summed E-state index contributed by atoms with van der Waals surface area (Å²) in [6.45, 7) is 0.425. The van der Waals surface area contributed by atoms with Crippen LogP contribution in [0, 0.1) is 11.8 Å². The Kier molecular flexibility index (Phi) is 2.81. The fourth-order valence-electron chi connectivity index (χ4n) is 1.71. The summed E-state index contributed by atoms with van der Waals surface area (Å²) in [4.78, 5) is 0. The molecule has 0 saturated heterocycles. The van der Waals surface area contributed by atoms with Gasteiger partial charge >= 0.3 is 0 Å². The number of nitrogens with one attached hydrogen (secondary N) is 1. The van der Waals surface area contributed by atoms with E-state index in [0.29, 0.717) is 24.1 Å². The van der Waals surface area contributed by atoms with Gasteiger partial charge in [-0.3, -0.25) is 0 Å². The fraction of sp³-hybridized carbons (Fsp3) is 1.00. The average Bonchev–Trinajstić information content (AvgIpc) is 2.91. The van der Waals surface area contributed by atoms with Crippen molar-refractivity contribution in [3.05, 3.63) is 0 Å². The largest absolute Gasteiger partial charge is 0.329 e. The molecule has 0 bridgehead atoms. The summed E-state index contributed by atoms with van der Waals surface area (Å²) in [7, 11) is -3.06. The normalized spacial score (nSPS) is 24.9. The minimum atomic E-state index is -3.06. The molecule has 0 aliphatic heterocycles. The predicted molar refractivity (Wildman–Crippen MR) is 55.2 cm³/mol. The van der Waals surface area contributed by atoms with E-state index >= 15 is 0 Å². The van der Waals surface area contributed by atoms with Gasteiger partial charge in [-0.1, -0.05) is 0 Å². The van der Waals surface area contributed by atoms with Gasteiger partial charge in [0.1, 0.15) is 0 Å². The Balaban J connectivity index is 1.86. The van der Waals surface area contributed by atoms with Crippen LogP contribution < -0.4 is 10.5 Å². The van der Waals surface area contributed by atoms with Crippen LogP contribution in [0.4, 0.5) is 0 Å². The van der Waals surface area contributed by atoms with Gasteiger partial charge in [-0.25, -0.2) is 13.1 Å². The first-order valence-corrected chi connectivity index (χ1v) is 6.96. The molecule has 4 nitrogen and oxygen atoms in total. The van der Waals surface area contributed by atoms with Crippen molar-refractivity contribution >= 4 is 10.0 Å². The van der Waals surface area contributed by atoms with Crippen LogP contribution >= 0.6 is 0 Å². The van der Waals surface area contributed by atoms with E-state index in [1.165, 1.54) is 0 Å². The van der Waals surface area contributed by atoms with Crippen LogP contribution in [0.15, 0.2) is 0 Å². The number of hydrogen-bond acceptors (Lipinski definition) is 3. The maximum atomic E-state index is 11.6. The fourth-order valence-corrected chi connectivity index (χ4v) is 3.51. The zero-order valence-electron chi connectivity index (χ0n) is 8.28. The third-order valence-electron chi connectivity index (χ3n) is 2.93. The monoisotopic (exact) mass is 218 g/mol. The van der Waals surface area contributed by atoms with Gasteiger partial charge < -0.3 is 5.73 Å². The summed E-state index contributed by atoms with van der Waals surface area (Å²) in [6.07, 6.45) is 4.37. The molecule has 0 amide bonds. The van der Waals surface area contributed by atoms with Gasteiger partial charge in [0.15, 0.2) is 0 Å². The van der Waals surface area contributed by atoms with E-state index in [1.54, 1.807) is 0 Å². The first-order valence-electron chi connectivity index (χ1n) is 5.31. The molecule has 2 aliphatic rings. The molecule has 5 heteroatoms. The Morgan fingerprint density at radius 3 is 2.36 bits per heavy atom. The number of rotatable bonds is 6. The van der Waals surface area contributed by atoms with E-state index in [0.717, 1.165) is 25.7 Å². The van der Waals surface area contributed by atoms with Crippen LogP contribution in [0.5, 0.6) is 0 Å². The predicted octanol–water partition coefficient (Wildman–Crippen LogP) is 0.0531. The Morgan fingerprint density at radius 1 is 1.29 bits per heavy atom. The van der Waals surface area contributed by atoms with Crippen molar-refractivity contribution in [1.82, 2.24) is 4.72 Å². The maximum Gasteiger partial charge on any atom is 0.212 e. The topological polar surface area (TPSA) is 72.2 Å². The summed E-state index contributed by atoms with van der Waals surface area (Å²) >= 11 is 0. The van der Waals surface area contributed by atoms with E-state index < -0.39 is 10.0 Å². The third kappa shape index (κ3) is 2.93. The summed E-state index contributed by atoms with van der Waals surface area (Å²) in [5, 5.41) is 0. The molecular weight excluding hydrogens is 200 g/mol. The molecule has 14 heavy (non-hydrogen) atoms. The van der Waals surface area contributed by atoms with Crippen LogP contribution in [0.25, 0.3) is 0 Å². The summed E-state index contributed by atoms with van der Waals surface area (Å²) in [5.74, 6) is 1.20. The highest BCUT2D eigenvalue weighted by Gasteiger charge is 2.35. The molecule has 1 atom stereocenters. The van der Waals surface area contributed by atoms with Gasteiger partial charge in [-0.15, -0.1) is 0 Å². The molecule has 2 rings (SSSR count). The highest BCUT2D eigenvalue weighted by molar-refractivity contribution is 7.89. The van der Waals surface area contributed by atoms with Crippen LogP contribution in [0.3, 0.4) is 0 Å². The van der Waals surface area contributed by atoms with Crippen molar-refractivity contribution in [1.29, 1.82) is 0 Å². The Morgan fingerprint density at radius 2 is 1.93 bits per heavy atom. The Bertz CT molecular complexity index is 294. The van der Waals surface area contributed by atoms with Crippen molar-refractivity contribution in [2.24, 2.45) is 17.6 Å². The second-order valence-electron chi connectivity index (χ2n) is 4.52.